The molecule has 1 atom stereocenters. The molecule has 1 rings (SSSR count). The van der Waals surface area contributed by atoms with Crippen molar-refractivity contribution in [1.82, 2.24) is 0 Å². The Labute approximate surface area is 124 Å². The molecule has 0 aromatic heterocycles. The SMILES string of the molecule is CCO[C@](C)(CNc1ccc([N+](=O)[O-])cc1Cl)C(F)(F)F. The van der Waals surface area contributed by atoms with Gasteiger partial charge in [0.1, 0.15) is 0 Å². The van der Waals surface area contributed by atoms with E-state index >= 15 is 0 Å². The first-order valence-corrected chi connectivity index (χ1v) is 6.37. The number of alkyl halides is 3. The molecule has 0 aliphatic carbocycles. The molecule has 0 bridgehead atoms. The molecule has 0 fully saturated rings. The van der Waals surface area contributed by atoms with Crippen molar-refractivity contribution in [3.63, 3.8) is 0 Å². The van der Waals surface area contributed by atoms with Crippen molar-refractivity contribution in [2.75, 3.05) is 18.5 Å². The molecule has 0 spiro atoms. The first-order chi connectivity index (χ1) is 9.60. The van der Waals surface area contributed by atoms with Gasteiger partial charge in [0.2, 0.25) is 0 Å². The number of nitro benzene ring substituents is 1. The van der Waals surface area contributed by atoms with Gasteiger partial charge < -0.3 is 10.1 Å². The largest absolute Gasteiger partial charge is 0.418 e. The number of non-ortho nitro benzene ring substituents is 1. The maximum absolute atomic E-state index is 13.0. The quantitative estimate of drug-likeness (QED) is 0.633. The van der Waals surface area contributed by atoms with Gasteiger partial charge in [-0.1, -0.05) is 11.6 Å². The van der Waals surface area contributed by atoms with Gasteiger partial charge in [-0.05, 0) is 19.9 Å². The molecule has 0 amide bonds. The average molecular weight is 327 g/mol. The van der Waals surface area contributed by atoms with E-state index in [2.05, 4.69) is 5.32 Å². The van der Waals surface area contributed by atoms with E-state index in [-0.39, 0.29) is 23.0 Å². The molecule has 21 heavy (non-hydrogen) atoms. The first kappa shape index (κ1) is 17.5. The Balaban J connectivity index is 2.89. The van der Waals surface area contributed by atoms with E-state index in [0.717, 1.165) is 19.1 Å². The van der Waals surface area contributed by atoms with Crippen LogP contribution in [0.3, 0.4) is 0 Å². The van der Waals surface area contributed by atoms with E-state index in [1.807, 2.05) is 0 Å². The fraction of sp³-hybridized carbons (Fsp3) is 0.500. The van der Waals surface area contributed by atoms with Crippen LogP contribution in [-0.4, -0.2) is 29.9 Å². The average Bonchev–Trinajstić information content (AvgIpc) is 2.36. The summed E-state index contributed by atoms with van der Waals surface area (Å²) in [6.07, 6.45) is -4.57. The third-order valence-electron chi connectivity index (χ3n) is 2.84. The summed E-state index contributed by atoms with van der Waals surface area (Å²) in [7, 11) is 0. The minimum atomic E-state index is -4.57. The van der Waals surface area contributed by atoms with Crippen molar-refractivity contribution in [2.24, 2.45) is 0 Å². The number of hydrogen-bond donors (Lipinski definition) is 1. The van der Waals surface area contributed by atoms with Gasteiger partial charge in [-0.25, -0.2) is 0 Å². The number of halogens is 4. The number of nitrogens with zero attached hydrogens (tertiary/aromatic N) is 1. The molecule has 0 radical (unpaired) electrons. The summed E-state index contributed by atoms with van der Waals surface area (Å²) in [5.74, 6) is 0. The number of ether oxygens (including phenoxy) is 1. The molecule has 1 aromatic carbocycles. The Morgan fingerprint density at radius 3 is 2.48 bits per heavy atom. The molecule has 0 saturated heterocycles. The fourth-order valence-corrected chi connectivity index (χ4v) is 1.82. The number of rotatable bonds is 6. The van der Waals surface area contributed by atoms with Gasteiger partial charge in [-0.2, -0.15) is 13.2 Å². The molecule has 0 aliphatic rings. The second kappa shape index (κ2) is 6.48. The summed E-state index contributed by atoms with van der Waals surface area (Å²) in [4.78, 5) is 9.91. The third kappa shape index (κ3) is 4.21. The summed E-state index contributed by atoms with van der Waals surface area (Å²) in [6.45, 7) is 1.71. The lowest BCUT2D eigenvalue weighted by atomic mass is 10.1. The summed E-state index contributed by atoms with van der Waals surface area (Å²) < 4.78 is 43.7. The van der Waals surface area contributed by atoms with Crippen LogP contribution in [0.5, 0.6) is 0 Å². The van der Waals surface area contributed by atoms with Crippen LogP contribution in [0, 0.1) is 10.1 Å². The van der Waals surface area contributed by atoms with Gasteiger partial charge in [0.15, 0.2) is 5.60 Å². The monoisotopic (exact) mass is 326 g/mol. The van der Waals surface area contributed by atoms with Gasteiger partial charge in [-0.15, -0.1) is 0 Å². The molecule has 0 unspecified atom stereocenters. The number of benzene rings is 1. The highest BCUT2D eigenvalue weighted by Crippen LogP contribution is 2.34. The van der Waals surface area contributed by atoms with Gasteiger partial charge in [-0.3, -0.25) is 10.1 Å². The Kier molecular flexibility index (Phi) is 5.41. The summed E-state index contributed by atoms with van der Waals surface area (Å²) >= 11 is 5.80. The van der Waals surface area contributed by atoms with E-state index in [0.29, 0.717) is 0 Å². The molecular formula is C12H14ClF3N2O3. The zero-order chi connectivity index (χ0) is 16.3. The maximum Gasteiger partial charge on any atom is 0.418 e. The Hall–Kier alpha value is -1.54. The van der Waals surface area contributed by atoms with Gasteiger partial charge in [0.25, 0.3) is 5.69 Å². The van der Waals surface area contributed by atoms with Gasteiger partial charge >= 0.3 is 6.18 Å². The fourth-order valence-electron chi connectivity index (χ4n) is 1.58. The number of nitrogens with one attached hydrogen (secondary N) is 1. The van der Waals surface area contributed by atoms with Crippen LogP contribution in [0.1, 0.15) is 13.8 Å². The predicted molar refractivity (Wildman–Crippen MR) is 72.7 cm³/mol. The molecule has 118 valence electrons. The van der Waals surface area contributed by atoms with Gasteiger partial charge in [0.05, 0.1) is 22.2 Å². The van der Waals surface area contributed by atoms with Crippen molar-refractivity contribution >= 4 is 23.0 Å². The van der Waals surface area contributed by atoms with Crippen LogP contribution >= 0.6 is 11.6 Å². The predicted octanol–water partition coefficient (Wildman–Crippen LogP) is 4.02. The van der Waals surface area contributed by atoms with Crippen LogP contribution in [0.25, 0.3) is 0 Å². The van der Waals surface area contributed by atoms with Crippen molar-refractivity contribution < 1.29 is 22.8 Å². The first-order valence-electron chi connectivity index (χ1n) is 5.99. The summed E-state index contributed by atoms with van der Waals surface area (Å²) in [5, 5.41) is 13.0. The molecule has 1 N–H and O–H groups in total. The molecule has 0 saturated carbocycles. The lowest BCUT2D eigenvalue weighted by Gasteiger charge is -2.32. The lowest BCUT2D eigenvalue weighted by Crippen LogP contribution is -2.50. The number of nitro groups is 1. The van der Waals surface area contributed by atoms with E-state index in [4.69, 9.17) is 16.3 Å². The zero-order valence-corrected chi connectivity index (χ0v) is 12.1. The lowest BCUT2D eigenvalue weighted by molar-refractivity contribution is -0.384. The Morgan fingerprint density at radius 2 is 2.05 bits per heavy atom. The highest BCUT2D eigenvalue weighted by atomic mass is 35.5. The second-order valence-corrected chi connectivity index (χ2v) is 4.84. The molecule has 1 aromatic rings. The topological polar surface area (TPSA) is 64.4 Å². The maximum atomic E-state index is 13.0. The molecular weight excluding hydrogens is 313 g/mol. The van der Waals surface area contributed by atoms with Crippen LogP contribution in [-0.2, 0) is 4.74 Å². The molecule has 5 nitrogen and oxygen atoms in total. The van der Waals surface area contributed by atoms with Crippen molar-refractivity contribution in [2.45, 2.75) is 25.6 Å². The van der Waals surface area contributed by atoms with Crippen molar-refractivity contribution in [1.29, 1.82) is 0 Å². The second-order valence-electron chi connectivity index (χ2n) is 4.44. The summed E-state index contributed by atoms with van der Waals surface area (Å²) in [6, 6.07) is 3.47. The minimum Gasteiger partial charge on any atom is -0.381 e. The Bertz CT molecular complexity index is 525. The molecule has 0 heterocycles. The summed E-state index contributed by atoms with van der Waals surface area (Å²) in [5.41, 5.74) is -2.46. The molecule has 9 heteroatoms. The van der Waals surface area contributed by atoms with E-state index < -0.39 is 23.2 Å². The highest BCUT2D eigenvalue weighted by Gasteiger charge is 2.52. The van der Waals surface area contributed by atoms with Crippen LogP contribution in [0.2, 0.25) is 5.02 Å². The molecule has 0 aliphatic heterocycles. The minimum absolute atomic E-state index is 0.0368. The van der Waals surface area contributed by atoms with Gasteiger partial charge in [0, 0.05) is 18.7 Å². The van der Waals surface area contributed by atoms with Crippen molar-refractivity contribution in [3.05, 3.63) is 33.3 Å². The number of hydrogen-bond acceptors (Lipinski definition) is 4. The Morgan fingerprint density at radius 1 is 1.43 bits per heavy atom. The van der Waals surface area contributed by atoms with E-state index in [1.165, 1.54) is 13.0 Å². The van der Waals surface area contributed by atoms with Crippen LogP contribution < -0.4 is 5.32 Å². The standard InChI is InChI=1S/C12H14ClF3N2O3/c1-3-21-11(2,12(14,15)16)7-17-10-5-4-8(18(19)20)6-9(10)13/h4-6,17H,3,7H2,1-2H3/t11-/m1/s1. The normalized spacial score (nSPS) is 14.6. The van der Waals surface area contributed by atoms with Crippen LogP contribution in [0.15, 0.2) is 18.2 Å². The smallest absolute Gasteiger partial charge is 0.381 e. The van der Waals surface area contributed by atoms with E-state index in [1.54, 1.807) is 0 Å². The zero-order valence-electron chi connectivity index (χ0n) is 11.3. The van der Waals surface area contributed by atoms with E-state index in [9.17, 15) is 23.3 Å². The van der Waals surface area contributed by atoms with Crippen molar-refractivity contribution in [3.8, 4) is 0 Å². The van der Waals surface area contributed by atoms with Crippen LogP contribution in [0.4, 0.5) is 24.5 Å². The number of anilines is 1. The third-order valence-corrected chi connectivity index (χ3v) is 3.15. The highest BCUT2D eigenvalue weighted by molar-refractivity contribution is 6.33.